The first-order chi connectivity index (χ1) is 7.63. The van der Waals surface area contributed by atoms with Crippen molar-refractivity contribution in [2.24, 2.45) is 5.73 Å². The maximum Gasteiger partial charge on any atom is 0.0595 e. The molecule has 0 saturated heterocycles. The number of rotatable bonds is 6. The standard InChI is InChI=1S/C12H17Cl2NO/c1-2-16-6-5-10(15)7-9-3-4-11(13)12(14)8-9/h3-4,8,10H,2,5-7,15H2,1H3. The van der Waals surface area contributed by atoms with Crippen LogP contribution in [0.4, 0.5) is 0 Å². The monoisotopic (exact) mass is 261 g/mol. The van der Waals surface area contributed by atoms with E-state index in [4.69, 9.17) is 33.7 Å². The molecule has 1 atom stereocenters. The maximum atomic E-state index is 5.98. The van der Waals surface area contributed by atoms with Crippen LogP contribution >= 0.6 is 23.2 Å². The third kappa shape index (κ3) is 4.71. The van der Waals surface area contributed by atoms with Gasteiger partial charge in [-0.05, 0) is 37.5 Å². The molecule has 16 heavy (non-hydrogen) atoms. The predicted octanol–water partition coefficient (Wildman–Crippen LogP) is 3.29. The van der Waals surface area contributed by atoms with E-state index in [1.54, 1.807) is 6.07 Å². The number of hydrogen-bond donors (Lipinski definition) is 1. The molecule has 1 rings (SSSR count). The fourth-order valence-electron chi connectivity index (χ4n) is 1.45. The summed E-state index contributed by atoms with van der Waals surface area (Å²) in [7, 11) is 0. The zero-order valence-corrected chi connectivity index (χ0v) is 10.9. The number of halogens is 2. The average molecular weight is 262 g/mol. The van der Waals surface area contributed by atoms with E-state index in [1.165, 1.54) is 0 Å². The maximum absolute atomic E-state index is 5.98. The SMILES string of the molecule is CCOCCC(N)Cc1ccc(Cl)c(Cl)c1. The molecule has 0 saturated carbocycles. The van der Waals surface area contributed by atoms with Gasteiger partial charge in [-0.1, -0.05) is 29.3 Å². The summed E-state index contributed by atoms with van der Waals surface area (Å²) < 4.78 is 5.26. The molecule has 0 amide bonds. The second kappa shape index (κ2) is 7.13. The molecule has 0 fully saturated rings. The first-order valence-corrected chi connectivity index (χ1v) is 6.16. The van der Waals surface area contributed by atoms with E-state index in [2.05, 4.69) is 0 Å². The summed E-state index contributed by atoms with van der Waals surface area (Å²) in [5, 5.41) is 1.16. The number of hydrogen-bond acceptors (Lipinski definition) is 2. The molecule has 1 unspecified atom stereocenters. The molecule has 0 aliphatic heterocycles. The van der Waals surface area contributed by atoms with Crippen molar-refractivity contribution in [2.45, 2.75) is 25.8 Å². The van der Waals surface area contributed by atoms with Gasteiger partial charge in [0, 0.05) is 19.3 Å². The van der Waals surface area contributed by atoms with Gasteiger partial charge in [-0.25, -0.2) is 0 Å². The van der Waals surface area contributed by atoms with Gasteiger partial charge in [0.15, 0.2) is 0 Å². The lowest BCUT2D eigenvalue weighted by atomic mass is 10.0. The van der Waals surface area contributed by atoms with E-state index in [1.807, 2.05) is 19.1 Å². The lowest BCUT2D eigenvalue weighted by Gasteiger charge is -2.11. The molecule has 1 aromatic carbocycles. The molecular weight excluding hydrogens is 245 g/mol. The lowest BCUT2D eigenvalue weighted by molar-refractivity contribution is 0.140. The molecule has 0 spiro atoms. The molecule has 2 nitrogen and oxygen atoms in total. The minimum absolute atomic E-state index is 0.101. The summed E-state index contributed by atoms with van der Waals surface area (Å²) in [6, 6.07) is 5.72. The highest BCUT2D eigenvalue weighted by molar-refractivity contribution is 6.42. The van der Waals surface area contributed by atoms with Crippen LogP contribution in [-0.4, -0.2) is 19.3 Å². The molecule has 4 heteroatoms. The van der Waals surface area contributed by atoms with Crippen molar-refractivity contribution in [3.8, 4) is 0 Å². The summed E-state index contributed by atoms with van der Waals surface area (Å²) >= 11 is 11.8. The largest absolute Gasteiger partial charge is 0.382 e. The van der Waals surface area contributed by atoms with Crippen molar-refractivity contribution < 1.29 is 4.74 Å². The number of ether oxygens (including phenoxy) is 1. The lowest BCUT2D eigenvalue weighted by Crippen LogP contribution is -2.24. The molecule has 1 aromatic rings. The van der Waals surface area contributed by atoms with Crippen LogP contribution in [0, 0.1) is 0 Å². The fourth-order valence-corrected chi connectivity index (χ4v) is 1.77. The molecule has 0 aliphatic rings. The van der Waals surface area contributed by atoms with E-state index in [0.717, 1.165) is 25.0 Å². The van der Waals surface area contributed by atoms with E-state index < -0.39 is 0 Å². The van der Waals surface area contributed by atoms with Crippen LogP contribution in [0.2, 0.25) is 10.0 Å². The molecule has 0 aliphatic carbocycles. The van der Waals surface area contributed by atoms with Crippen LogP contribution in [0.25, 0.3) is 0 Å². The topological polar surface area (TPSA) is 35.2 Å². The second-order valence-corrected chi connectivity index (χ2v) is 4.51. The highest BCUT2D eigenvalue weighted by Gasteiger charge is 2.06. The zero-order chi connectivity index (χ0) is 12.0. The minimum Gasteiger partial charge on any atom is -0.382 e. The van der Waals surface area contributed by atoms with Gasteiger partial charge in [0.1, 0.15) is 0 Å². The number of nitrogens with two attached hydrogens (primary N) is 1. The molecule has 0 heterocycles. The summed E-state index contributed by atoms with van der Waals surface area (Å²) in [5.41, 5.74) is 7.09. The zero-order valence-electron chi connectivity index (χ0n) is 9.38. The molecule has 0 bridgehead atoms. The van der Waals surface area contributed by atoms with Gasteiger partial charge in [0.05, 0.1) is 10.0 Å². The molecule has 0 radical (unpaired) electrons. The summed E-state index contributed by atoms with van der Waals surface area (Å²) in [6.07, 6.45) is 1.65. The Hall–Kier alpha value is -0.280. The van der Waals surface area contributed by atoms with Crippen molar-refractivity contribution in [3.63, 3.8) is 0 Å². The van der Waals surface area contributed by atoms with Crippen molar-refractivity contribution >= 4 is 23.2 Å². The van der Waals surface area contributed by atoms with Gasteiger partial charge in [-0.15, -0.1) is 0 Å². The Morgan fingerprint density at radius 1 is 1.31 bits per heavy atom. The van der Waals surface area contributed by atoms with E-state index in [-0.39, 0.29) is 6.04 Å². The third-order valence-corrected chi connectivity index (χ3v) is 3.06. The van der Waals surface area contributed by atoms with Gasteiger partial charge < -0.3 is 10.5 Å². The minimum atomic E-state index is 0.101. The molecular formula is C12H17Cl2NO. The molecule has 0 aromatic heterocycles. The summed E-state index contributed by atoms with van der Waals surface area (Å²) in [5.74, 6) is 0. The Labute approximate surface area is 107 Å². The molecule has 2 N–H and O–H groups in total. The van der Waals surface area contributed by atoms with Crippen LogP contribution in [0.15, 0.2) is 18.2 Å². The smallest absolute Gasteiger partial charge is 0.0595 e. The first-order valence-electron chi connectivity index (χ1n) is 5.40. The Morgan fingerprint density at radius 2 is 2.06 bits per heavy atom. The normalized spacial score (nSPS) is 12.8. The Morgan fingerprint density at radius 3 is 2.69 bits per heavy atom. The van der Waals surface area contributed by atoms with Gasteiger partial charge in [0.2, 0.25) is 0 Å². The molecule has 90 valence electrons. The number of benzene rings is 1. The van der Waals surface area contributed by atoms with Crippen molar-refractivity contribution in [3.05, 3.63) is 33.8 Å². The van der Waals surface area contributed by atoms with E-state index in [9.17, 15) is 0 Å². The van der Waals surface area contributed by atoms with E-state index >= 15 is 0 Å². The van der Waals surface area contributed by atoms with Crippen LogP contribution in [0.1, 0.15) is 18.9 Å². The Bertz CT molecular complexity index is 331. The van der Waals surface area contributed by atoms with Crippen molar-refractivity contribution in [1.29, 1.82) is 0 Å². The highest BCUT2D eigenvalue weighted by atomic mass is 35.5. The quantitative estimate of drug-likeness (QED) is 0.798. The second-order valence-electron chi connectivity index (χ2n) is 3.70. The van der Waals surface area contributed by atoms with Crippen LogP contribution in [0.3, 0.4) is 0 Å². The van der Waals surface area contributed by atoms with Gasteiger partial charge in [-0.3, -0.25) is 0 Å². The first kappa shape index (κ1) is 13.8. The van der Waals surface area contributed by atoms with Crippen LogP contribution < -0.4 is 5.73 Å². The van der Waals surface area contributed by atoms with Gasteiger partial charge in [0.25, 0.3) is 0 Å². The third-order valence-electron chi connectivity index (χ3n) is 2.32. The average Bonchev–Trinajstić information content (AvgIpc) is 2.24. The fraction of sp³-hybridized carbons (Fsp3) is 0.500. The Balaban J connectivity index is 2.43. The van der Waals surface area contributed by atoms with E-state index in [0.29, 0.717) is 16.7 Å². The van der Waals surface area contributed by atoms with Gasteiger partial charge in [-0.2, -0.15) is 0 Å². The summed E-state index contributed by atoms with van der Waals surface area (Å²) in [4.78, 5) is 0. The predicted molar refractivity (Wildman–Crippen MR) is 69.3 cm³/mol. The summed E-state index contributed by atoms with van der Waals surface area (Å²) in [6.45, 7) is 3.42. The Kier molecular flexibility index (Phi) is 6.14. The highest BCUT2D eigenvalue weighted by Crippen LogP contribution is 2.23. The van der Waals surface area contributed by atoms with Crippen LogP contribution in [0.5, 0.6) is 0 Å². The van der Waals surface area contributed by atoms with Crippen molar-refractivity contribution in [2.75, 3.05) is 13.2 Å². The van der Waals surface area contributed by atoms with Crippen LogP contribution in [-0.2, 0) is 11.2 Å². The van der Waals surface area contributed by atoms with Crippen molar-refractivity contribution in [1.82, 2.24) is 0 Å². The van der Waals surface area contributed by atoms with Gasteiger partial charge >= 0.3 is 0 Å².